The molecule has 1 aliphatic carbocycles. The molecule has 4 nitrogen and oxygen atoms in total. The Labute approximate surface area is 125 Å². The minimum atomic E-state index is -0.864. The van der Waals surface area contributed by atoms with Gasteiger partial charge in [-0.3, -0.25) is 9.59 Å². The predicted octanol–water partition coefficient (Wildman–Crippen LogP) is 3.50. The van der Waals surface area contributed by atoms with Gasteiger partial charge in [0.05, 0.1) is 11.8 Å². The molecule has 0 radical (unpaired) electrons. The lowest BCUT2D eigenvalue weighted by Crippen LogP contribution is -2.30. The first-order valence-corrected chi connectivity index (χ1v) is 7.52. The van der Waals surface area contributed by atoms with Crippen LogP contribution in [0.2, 0.25) is 0 Å². The molecule has 0 heterocycles. The summed E-state index contributed by atoms with van der Waals surface area (Å²) in [7, 11) is 0. The van der Waals surface area contributed by atoms with Crippen molar-refractivity contribution in [2.45, 2.75) is 39.5 Å². The van der Waals surface area contributed by atoms with Gasteiger partial charge in [0.2, 0.25) is 5.91 Å². The highest BCUT2D eigenvalue weighted by molar-refractivity contribution is 5.96. The molecule has 0 spiro atoms. The third-order valence-electron chi connectivity index (χ3n) is 4.29. The van der Waals surface area contributed by atoms with Gasteiger partial charge in [-0.25, -0.2) is 0 Å². The Balaban J connectivity index is 2.16. The lowest BCUT2D eigenvalue weighted by Gasteiger charge is -2.18. The minimum Gasteiger partial charge on any atom is -0.481 e. The van der Waals surface area contributed by atoms with Crippen LogP contribution in [0.25, 0.3) is 0 Å². The van der Waals surface area contributed by atoms with Gasteiger partial charge >= 0.3 is 5.97 Å². The van der Waals surface area contributed by atoms with E-state index < -0.39 is 17.8 Å². The van der Waals surface area contributed by atoms with E-state index in [4.69, 9.17) is 0 Å². The Morgan fingerprint density at radius 3 is 2.43 bits per heavy atom. The zero-order valence-corrected chi connectivity index (χ0v) is 12.8. The van der Waals surface area contributed by atoms with Gasteiger partial charge in [0.1, 0.15) is 0 Å². The summed E-state index contributed by atoms with van der Waals surface area (Å²) in [5.74, 6) is -1.44. The van der Waals surface area contributed by atoms with Gasteiger partial charge in [-0.15, -0.1) is 0 Å². The van der Waals surface area contributed by atoms with Crippen LogP contribution in [0.15, 0.2) is 24.3 Å². The zero-order chi connectivity index (χ0) is 15.6. The van der Waals surface area contributed by atoms with Crippen LogP contribution in [-0.4, -0.2) is 17.0 Å². The number of hydrogen-bond acceptors (Lipinski definition) is 2. The maximum atomic E-state index is 12.5. The number of carboxylic acids is 1. The smallest absolute Gasteiger partial charge is 0.307 e. The molecule has 114 valence electrons. The monoisotopic (exact) mass is 289 g/mol. The van der Waals surface area contributed by atoms with Crippen LogP contribution in [0.1, 0.15) is 45.1 Å². The van der Waals surface area contributed by atoms with Gasteiger partial charge in [0, 0.05) is 5.69 Å². The maximum Gasteiger partial charge on any atom is 0.307 e. The van der Waals surface area contributed by atoms with Gasteiger partial charge in [0.15, 0.2) is 0 Å². The van der Waals surface area contributed by atoms with E-state index in [1.54, 1.807) is 0 Å². The van der Waals surface area contributed by atoms with Gasteiger partial charge in [0.25, 0.3) is 0 Å². The molecule has 21 heavy (non-hydrogen) atoms. The summed E-state index contributed by atoms with van der Waals surface area (Å²) >= 11 is 0. The molecule has 1 amide bonds. The van der Waals surface area contributed by atoms with Crippen molar-refractivity contribution < 1.29 is 14.7 Å². The molecule has 3 unspecified atom stereocenters. The number of rotatable bonds is 4. The third kappa shape index (κ3) is 3.43. The van der Waals surface area contributed by atoms with E-state index >= 15 is 0 Å². The van der Waals surface area contributed by atoms with Crippen molar-refractivity contribution in [1.82, 2.24) is 0 Å². The Morgan fingerprint density at radius 1 is 1.19 bits per heavy atom. The molecule has 1 aromatic carbocycles. The van der Waals surface area contributed by atoms with E-state index in [-0.39, 0.29) is 11.8 Å². The van der Waals surface area contributed by atoms with E-state index in [1.807, 2.05) is 31.2 Å². The Kier molecular flexibility index (Phi) is 4.66. The number of benzene rings is 1. The topological polar surface area (TPSA) is 66.4 Å². The van der Waals surface area contributed by atoms with Gasteiger partial charge < -0.3 is 10.4 Å². The molecule has 2 rings (SSSR count). The average molecular weight is 289 g/mol. The summed E-state index contributed by atoms with van der Waals surface area (Å²) in [6.07, 6.45) is 1.23. The van der Waals surface area contributed by atoms with E-state index in [1.165, 1.54) is 0 Å². The Bertz CT molecular complexity index is 539. The van der Waals surface area contributed by atoms with E-state index in [9.17, 15) is 14.7 Å². The second-order valence-electron chi connectivity index (χ2n) is 6.36. The highest BCUT2D eigenvalue weighted by atomic mass is 16.4. The lowest BCUT2D eigenvalue weighted by atomic mass is 9.94. The third-order valence-corrected chi connectivity index (χ3v) is 4.29. The van der Waals surface area contributed by atoms with Crippen molar-refractivity contribution >= 4 is 17.6 Å². The highest BCUT2D eigenvalue weighted by Crippen LogP contribution is 2.37. The van der Waals surface area contributed by atoms with Crippen LogP contribution in [0, 0.1) is 17.8 Å². The molecular formula is C17H23NO3. The molecule has 2 N–H and O–H groups in total. The summed E-state index contributed by atoms with van der Waals surface area (Å²) < 4.78 is 0. The normalized spacial score (nSPS) is 25.0. The number of para-hydroxylation sites is 1. The SMILES string of the molecule is CC1CC(C(=O)O)C(C(=O)Nc2ccccc2C(C)C)C1. The number of carboxylic acid groups (broad SMARTS) is 1. The summed E-state index contributed by atoms with van der Waals surface area (Å²) in [6, 6.07) is 7.70. The van der Waals surface area contributed by atoms with E-state index in [2.05, 4.69) is 19.2 Å². The van der Waals surface area contributed by atoms with Gasteiger partial charge in [-0.05, 0) is 36.3 Å². The van der Waals surface area contributed by atoms with E-state index in [0.29, 0.717) is 18.8 Å². The Hall–Kier alpha value is -1.84. The second-order valence-corrected chi connectivity index (χ2v) is 6.36. The van der Waals surface area contributed by atoms with Crippen LogP contribution in [-0.2, 0) is 9.59 Å². The predicted molar refractivity (Wildman–Crippen MR) is 82.2 cm³/mol. The van der Waals surface area contributed by atoms with Gasteiger partial charge in [-0.1, -0.05) is 39.0 Å². The number of amides is 1. The zero-order valence-electron chi connectivity index (χ0n) is 12.8. The van der Waals surface area contributed by atoms with Crippen molar-refractivity contribution in [3.8, 4) is 0 Å². The molecule has 0 aliphatic heterocycles. The van der Waals surface area contributed by atoms with Gasteiger partial charge in [-0.2, -0.15) is 0 Å². The largest absolute Gasteiger partial charge is 0.481 e. The molecule has 0 saturated heterocycles. The first-order chi connectivity index (χ1) is 9.90. The quantitative estimate of drug-likeness (QED) is 0.891. The number of carbonyl (C=O) groups is 2. The van der Waals surface area contributed by atoms with E-state index in [0.717, 1.165) is 11.3 Å². The van der Waals surface area contributed by atoms with Crippen LogP contribution in [0.4, 0.5) is 5.69 Å². The fourth-order valence-corrected chi connectivity index (χ4v) is 3.19. The van der Waals surface area contributed by atoms with Crippen LogP contribution >= 0.6 is 0 Å². The number of carbonyl (C=O) groups excluding carboxylic acids is 1. The fourth-order valence-electron chi connectivity index (χ4n) is 3.19. The second kappa shape index (κ2) is 6.29. The standard InChI is InChI=1S/C17H23NO3/c1-10(2)12-6-4-5-7-15(12)18-16(19)13-8-11(3)9-14(13)17(20)21/h4-7,10-11,13-14H,8-9H2,1-3H3,(H,18,19)(H,20,21). The molecule has 1 fully saturated rings. The molecule has 1 saturated carbocycles. The number of anilines is 1. The molecular weight excluding hydrogens is 266 g/mol. The van der Waals surface area contributed by atoms with Crippen molar-refractivity contribution in [2.75, 3.05) is 5.32 Å². The molecule has 3 atom stereocenters. The van der Waals surface area contributed by atoms with Crippen molar-refractivity contribution in [3.63, 3.8) is 0 Å². The molecule has 4 heteroatoms. The van der Waals surface area contributed by atoms with Crippen molar-refractivity contribution in [1.29, 1.82) is 0 Å². The van der Waals surface area contributed by atoms with Crippen molar-refractivity contribution in [2.24, 2.45) is 17.8 Å². The summed E-state index contributed by atoms with van der Waals surface area (Å²) in [5.41, 5.74) is 1.87. The molecule has 0 aromatic heterocycles. The first-order valence-electron chi connectivity index (χ1n) is 7.52. The van der Waals surface area contributed by atoms with Crippen LogP contribution < -0.4 is 5.32 Å². The fraction of sp³-hybridized carbons (Fsp3) is 0.529. The van der Waals surface area contributed by atoms with Crippen LogP contribution in [0.3, 0.4) is 0 Å². The highest BCUT2D eigenvalue weighted by Gasteiger charge is 2.41. The number of hydrogen-bond donors (Lipinski definition) is 2. The molecule has 0 bridgehead atoms. The molecule has 1 aliphatic rings. The Morgan fingerprint density at radius 2 is 1.81 bits per heavy atom. The minimum absolute atomic E-state index is 0.167. The van der Waals surface area contributed by atoms with Crippen molar-refractivity contribution in [3.05, 3.63) is 29.8 Å². The van der Waals surface area contributed by atoms with Crippen LogP contribution in [0.5, 0.6) is 0 Å². The summed E-state index contributed by atoms with van der Waals surface area (Å²) in [6.45, 7) is 6.15. The maximum absolute atomic E-state index is 12.5. The number of aliphatic carboxylic acids is 1. The number of nitrogens with one attached hydrogen (secondary N) is 1. The molecule has 1 aromatic rings. The summed E-state index contributed by atoms with van der Waals surface area (Å²) in [5, 5.41) is 12.2. The summed E-state index contributed by atoms with van der Waals surface area (Å²) in [4.78, 5) is 23.8. The average Bonchev–Trinajstić information content (AvgIpc) is 2.81. The lowest BCUT2D eigenvalue weighted by molar-refractivity contribution is -0.145. The first kappa shape index (κ1) is 15.5.